The van der Waals surface area contributed by atoms with Crippen molar-refractivity contribution in [2.75, 3.05) is 6.54 Å². The van der Waals surface area contributed by atoms with Gasteiger partial charge in [0.25, 0.3) is 0 Å². The van der Waals surface area contributed by atoms with Crippen molar-refractivity contribution >= 4 is 33.6 Å². The van der Waals surface area contributed by atoms with Gasteiger partial charge in [-0.15, -0.1) is 0 Å². The average Bonchev–Trinajstić information content (AvgIpc) is 2.22. The van der Waals surface area contributed by atoms with E-state index < -0.39 is 10.4 Å². The Hall–Kier alpha value is -0.360. The van der Waals surface area contributed by atoms with Gasteiger partial charge in [-0.1, -0.05) is 33.2 Å². The molecule has 3 nitrogen and oxygen atoms in total. The molecular weight excluding hydrogens is 276 g/mol. The Kier molecular flexibility index (Phi) is 3.13. The van der Waals surface area contributed by atoms with Crippen molar-refractivity contribution in [2.45, 2.75) is 13.0 Å². The first-order chi connectivity index (χ1) is 7.39. The van der Waals surface area contributed by atoms with Gasteiger partial charge in [0.05, 0.1) is 10.0 Å². The molecule has 1 aliphatic heterocycles. The van der Waals surface area contributed by atoms with E-state index in [9.17, 15) is 12.3 Å². The van der Waals surface area contributed by atoms with E-state index in [1.165, 1.54) is 0 Å². The van der Waals surface area contributed by atoms with E-state index in [2.05, 4.69) is 0 Å². The van der Waals surface area contributed by atoms with Crippen LogP contribution in [0.3, 0.4) is 0 Å². The molecule has 1 heterocycles. The Bertz CT molecular complexity index is 533. The second kappa shape index (κ2) is 4.14. The molecule has 0 aliphatic carbocycles. The van der Waals surface area contributed by atoms with E-state index in [0.717, 1.165) is 9.87 Å². The van der Waals surface area contributed by atoms with E-state index in [0.29, 0.717) is 22.0 Å². The molecule has 0 amide bonds. The van der Waals surface area contributed by atoms with E-state index in [1.54, 1.807) is 12.1 Å². The predicted molar refractivity (Wildman–Crippen MR) is 60.6 cm³/mol. The van der Waals surface area contributed by atoms with Crippen molar-refractivity contribution in [2.24, 2.45) is 0 Å². The molecule has 0 aromatic heterocycles. The number of nitrogens with zero attached hydrogens (tertiary/aromatic N) is 1. The van der Waals surface area contributed by atoms with Crippen molar-refractivity contribution in [1.29, 1.82) is 0 Å². The highest BCUT2D eigenvalue weighted by atomic mass is 35.5. The maximum Gasteiger partial charge on any atom is 0.375 e. The minimum absolute atomic E-state index is 0.00502. The minimum Gasteiger partial charge on any atom is -0.177 e. The fourth-order valence-electron chi connectivity index (χ4n) is 1.74. The average molecular weight is 284 g/mol. The largest absolute Gasteiger partial charge is 0.375 e. The van der Waals surface area contributed by atoms with Crippen molar-refractivity contribution in [1.82, 2.24) is 4.31 Å². The van der Waals surface area contributed by atoms with Gasteiger partial charge in [-0.05, 0) is 23.6 Å². The summed E-state index contributed by atoms with van der Waals surface area (Å²) < 4.78 is 35.1. The Morgan fingerprint density at radius 1 is 1.31 bits per heavy atom. The van der Waals surface area contributed by atoms with Gasteiger partial charge < -0.3 is 0 Å². The van der Waals surface area contributed by atoms with E-state index in [1.807, 2.05) is 0 Å². The lowest BCUT2D eigenvalue weighted by Gasteiger charge is -2.25. The summed E-state index contributed by atoms with van der Waals surface area (Å²) in [7, 11) is -4.63. The lowest BCUT2D eigenvalue weighted by atomic mass is 10.0. The number of benzene rings is 1. The molecule has 1 aliphatic rings. The van der Waals surface area contributed by atoms with Gasteiger partial charge in [0, 0.05) is 13.1 Å². The first kappa shape index (κ1) is 12.1. The Morgan fingerprint density at radius 3 is 2.62 bits per heavy atom. The third kappa shape index (κ3) is 2.18. The zero-order valence-electron chi connectivity index (χ0n) is 8.08. The summed E-state index contributed by atoms with van der Waals surface area (Å²) >= 11 is 11.8. The lowest BCUT2D eigenvalue weighted by molar-refractivity contribution is 0.366. The van der Waals surface area contributed by atoms with Crippen molar-refractivity contribution < 1.29 is 12.3 Å². The SMILES string of the molecule is O=S(=O)(F)N1CCc2c(ccc(Cl)c2Cl)C1. The van der Waals surface area contributed by atoms with Gasteiger partial charge in [0.1, 0.15) is 0 Å². The summed E-state index contributed by atoms with van der Waals surface area (Å²) in [5.41, 5.74) is 1.50. The third-order valence-corrected chi connectivity index (χ3v) is 4.33. The van der Waals surface area contributed by atoms with Gasteiger partial charge in [-0.2, -0.15) is 12.7 Å². The molecule has 0 saturated heterocycles. The van der Waals surface area contributed by atoms with Crippen LogP contribution in [-0.4, -0.2) is 19.3 Å². The molecule has 7 heteroatoms. The standard InChI is InChI=1S/C9H8Cl2FNO2S/c10-8-2-1-6-5-13(16(12,14)15)4-3-7(6)9(8)11/h1-2H,3-5H2. The number of hydrogen-bond acceptors (Lipinski definition) is 2. The van der Waals surface area contributed by atoms with E-state index in [4.69, 9.17) is 23.2 Å². The van der Waals surface area contributed by atoms with Crippen molar-refractivity contribution in [3.63, 3.8) is 0 Å². The molecule has 0 fully saturated rings. The number of hydrogen-bond donors (Lipinski definition) is 0. The number of halogens is 3. The first-order valence-corrected chi connectivity index (χ1v) is 6.64. The van der Waals surface area contributed by atoms with Crippen LogP contribution in [0.5, 0.6) is 0 Å². The molecular formula is C9H8Cl2FNO2S. The van der Waals surface area contributed by atoms with Crippen LogP contribution in [0.1, 0.15) is 11.1 Å². The summed E-state index contributed by atoms with van der Waals surface area (Å²) in [5.74, 6) is 0. The molecule has 1 aromatic carbocycles. The number of rotatable bonds is 1. The highest BCUT2D eigenvalue weighted by molar-refractivity contribution is 7.83. The summed E-state index contributed by atoms with van der Waals surface area (Å²) in [4.78, 5) is 0. The maximum absolute atomic E-state index is 12.8. The molecule has 2 rings (SSSR count). The molecule has 0 N–H and O–H groups in total. The molecule has 16 heavy (non-hydrogen) atoms. The van der Waals surface area contributed by atoms with Crippen LogP contribution in [0, 0.1) is 0 Å². The highest BCUT2D eigenvalue weighted by Gasteiger charge is 2.27. The van der Waals surface area contributed by atoms with Crippen LogP contribution in [0.2, 0.25) is 10.0 Å². The van der Waals surface area contributed by atoms with Gasteiger partial charge in [-0.3, -0.25) is 0 Å². The smallest absolute Gasteiger partial charge is 0.177 e. The zero-order chi connectivity index (χ0) is 11.9. The molecule has 1 aromatic rings. The van der Waals surface area contributed by atoms with Gasteiger partial charge in [-0.25, -0.2) is 0 Å². The van der Waals surface area contributed by atoms with Gasteiger partial charge in [0.2, 0.25) is 0 Å². The fourth-order valence-corrected chi connectivity index (χ4v) is 2.80. The van der Waals surface area contributed by atoms with Crippen LogP contribution in [-0.2, 0) is 23.4 Å². The quantitative estimate of drug-likeness (QED) is 0.743. The van der Waals surface area contributed by atoms with Crippen LogP contribution >= 0.6 is 23.2 Å². The van der Waals surface area contributed by atoms with Crippen LogP contribution in [0.4, 0.5) is 3.89 Å². The Morgan fingerprint density at radius 2 is 2.00 bits per heavy atom. The van der Waals surface area contributed by atoms with Crippen LogP contribution in [0.25, 0.3) is 0 Å². The van der Waals surface area contributed by atoms with Gasteiger partial charge in [0.15, 0.2) is 0 Å². The maximum atomic E-state index is 12.8. The normalized spacial score (nSPS) is 17.2. The summed E-state index contributed by atoms with van der Waals surface area (Å²) in [5, 5.41) is 0.854. The lowest BCUT2D eigenvalue weighted by Crippen LogP contribution is -2.33. The van der Waals surface area contributed by atoms with Crippen LogP contribution in [0.15, 0.2) is 12.1 Å². The molecule has 88 valence electrons. The minimum atomic E-state index is -4.63. The van der Waals surface area contributed by atoms with Crippen LogP contribution < -0.4 is 0 Å². The van der Waals surface area contributed by atoms with E-state index in [-0.39, 0.29) is 13.1 Å². The zero-order valence-corrected chi connectivity index (χ0v) is 10.4. The highest BCUT2D eigenvalue weighted by Crippen LogP contribution is 2.32. The topological polar surface area (TPSA) is 37.4 Å². The summed E-state index contributed by atoms with van der Waals surface area (Å²) in [6, 6.07) is 3.25. The Labute approximate surface area is 103 Å². The predicted octanol–water partition coefficient (Wildman–Crippen LogP) is 2.57. The molecule has 0 atom stereocenters. The van der Waals surface area contributed by atoms with Crippen molar-refractivity contribution in [3.05, 3.63) is 33.3 Å². The third-order valence-electron chi connectivity index (χ3n) is 2.56. The first-order valence-electron chi connectivity index (χ1n) is 4.55. The molecule has 0 unspecified atom stereocenters. The summed E-state index contributed by atoms with van der Waals surface area (Å²) in [6.45, 7) is 0.0942. The van der Waals surface area contributed by atoms with E-state index >= 15 is 0 Å². The second-order valence-electron chi connectivity index (χ2n) is 3.52. The molecule has 0 bridgehead atoms. The van der Waals surface area contributed by atoms with Gasteiger partial charge >= 0.3 is 10.4 Å². The molecule has 0 radical (unpaired) electrons. The molecule has 0 saturated carbocycles. The monoisotopic (exact) mass is 283 g/mol. The fraction of sp³-hybridized carbons (Fsp3) is 0.333. The van der Waals surface area contributed by atoms with Crippen molar-refractivity contribution in [3.8, 4) is 0 Å². The second-order valence-corrected chi connectivity index (χ2v) is 5.65. The Balaban J connectivity index is 2.40. The summed E-state index contributed by atoms with van der Waals surface area (Å²) in [6.07, 6.45) is 0.373. The molecule has 0 spiro atoms. The number of fused-ring (bicyclic) bond motifs is 1.